The second-order valence-corrected chi connectivity index (χ2v) is 3.46. The molecule has 0 aromatic rings. The topological polar surface area (TPSA) is 0 Å². The van der Waals surface area contributed by atoms with Crippen molar-refractivity contribution in [3.8, 4) is 0 Å². The number of rotatable bonds is 1. The molecule has 0 bridgehead atoms. The number of halogens is 3. The lowest BCUT2D eigenvalue weighted by atomic mass is 10.8. The van der Waals surface area contributed by atoms with Crippen LogP contribution in [0.4, 0.5) is 0 Å². The molecule has 0 heterocycles. The highest BCUT2D eigenvalue weighted by Crippen LogP contribution is 2.10. The molecule has 3 heteroatoms. The highest BCUT2D eigenvalue weighted by atomic mass is 127. The zero-order valence-corrected chi connectivity index (χ0v) is 9.39. The molecule has 0 rings (SSSR count). The molecule has 0 unspecified atom stereocenters. The van der Waals surface area contributed by atoms with Crippen molar-refractivity contribution in [3.63, 3.8) is 0 Å². The highest BCUT2D eigenvalue weighted by Gasteiger charge is 1.78. The summed E-state index contributed by atoms with van der Waals surface area (Å²) in [7, 11) is 0. The first-order chi connectivity index (χ1) is 2.81. The lowest BCUT2D eigenvalue weighted by Crippen LogP contribution is -1.61. The third-order valence-corrected chi connectivity index (χ3v) is 5.16. The van der Waals surface area contributed by atoms with E-state index < -0.39 is 0 Å². The smallest absolute Gasteiger partial charge is 0.0309 e. The maximum atomic E-state index is 2.33. The van der Waals surface area contributed by atoms with E-state index in [9.17, 15) is 0 Å². The Balaban J connectivity index is 3.22. The summed E-state index contributed by atoms with van der Waals surface area (Å²) in [5.41, 5.74) is 0. The fraction of sp³-hybridized carbons (Fsp3) is 0.333. The summed E-state index contributed by atoms with van der Waals surface area (Å²) in [5, 5.41) is 0. The number of hydrogen-bond acceptors (Lipinski definition) is 0. The fourth-order valence-electron chi connectivity index (χ4n) is 0.0292. The fourth-order valence-corrected chi connectivity index (χ4v) is 1.31. The third-order valence-electron chi connectivity index (χ3n) is 0.246. The molecule has 0 radical (unpaired) electrons. The molecule has 0 aromatic carbocycles. The van der Waals surface area contributed by atoms with E-state index in [0.717, 1.165) is 4.43 Å². The minimum atomic E-state index is 1.14. The molecule has 6 heavy (non-hydrogen) atoms. The van der Waals surface area contributed by atoms with E-state index >= 15 is 0 Å². The minimum absolute atomic E-state index is 1.14. The van der Waals surface area contributed by atoms with Crippen molar-refractivity contribution in [2.24, 2.45) is 0 Å². The van der Waals surface area contributed by atoms with Gasteiger partial charge in [0.2, 0.25) is 0 Å². The van der Waals surface area contributed by atoms with E-state index in [4.69, 9.17) is 0 Å². The van der Waals surface area contributed by atoms with Crippen LogP contribution in [0, 0.1) is 0 Å². The Kier molecular flexibility index (Phi) is 6.71. The Morgan fingerprint density at radius 2 is 2.17 bits per heavy atom. The van der Waals surface area contributed by atoms with Gasteiger partial charge in [-0.1, -0.05) is 45.2 Å². The zero-order valence-electron chi connectivity index (χ0n) is 2.92. The molecule has 36 valence electrons. The first-order valence-corrected chi connectivity index (χ1v) is 5.17. The SMILES string of the molecule is I/C=C(\I)CI. The van der Waals surface area contributed by atoms with E-state index in [1.165, 1.54) is 3.58 Å². The van der Waals surface area contributed by atoms with Crippen LogP contribution in [0.15, 0.2) is 7.66 Å². The van der Waals surface area contributed by atoms with Crippen LogP contribution in [0.2, 0.25) is 0 Å². The van der Waals surface area contributed by atoms with Gasteiger partial charge in [0.15, 0.2) is 0 Å². The van der Waals surface area contributed by atoms with Gasteiger partial charge in [-0.25, -0.2) is 0 Å². The average Bonchev–Trinajstić information content (AvgIpc) is 1.65. The van der Waals surface area contributed by atoms with Crippen molar-refractivity contribution in [1.29, 1.82) is 0 Å². The molecule has 0 saturated carbocycles. The highest BCUT2D eigenvalue weighted by molar-refractivity contribution is 14.1. The van der Waals surface area contributed by atoms with Crippen LogP contribution in [0.1, 0.15) is 0 Å². The first kappa shape index (κ1) is 7.93. The van der Waals surface area contributed by atoms with E-state index in [-0.39, 0.29) is 0 Å². The summed E-state index contributed by atoms with van der Waals surface area (Å²) in [6, 6.07) is 0. The number of hydrogen-bond donors (Lipinski definition) is 0. The van der Waals surface area contributed by atoms with Gasteiger partial charge in [0, 0.05) is 8.01 Å². The van der Waals surface area contributed by atoms with E-state index in [1.54, 1.807) is 0 Å². The summed E-state index contributed by atoms with van der Waals surface area (Å²) in [6.07, 6.45) is 0. The van der Waals surface area contributed by atoms with Gasteiger partial charge >= 0.3 is 0 Å². The monoisotopic (exact) mass is 420 g/mol. The van der Waals surface area contributed by atoms with Crippen LogP contribution in [-0.2, 0) is 0 Å². The molecule has 0 fully saturated rings. The summed E-state index contributed by atoms with van der Waals surface area (Å²) < 4.78 is 4.64. The first-order valence-electron chi connectivity index (χ1n) is 1.32. The predicted molar refractivity (Wildman–Crippen MR) is 55.0 cm³/mol. The van der Waals surface area contributed by atoms with Gasteiger partial charge in [0.05, 0.1) is 0 Å². The van der Waals surface area contributed by atoms with E-state index in [0.29, 0.717) is 0 Å². The van der Waals surface area contributed by atoms with Crippen molar-refractivity contribution in [2.45, 2.75) is 0 Å². The van der Waals surface area contributed by atoms with E-state index in [2.05, 4.69) is 71.9 Å². The van der Waals surface area contributed by atoms with Crippen LogP contribution < -0.4 is 0 Å². The van der Waals surface area contributed by atoms with Gasteiger partial charge in [-0.15, -0.1) is 0 Å². The summed E-state index contributed by atoms with van der Waals surface area (Å²) in [6.45, 7) is 0. The molecular weight excluding hydrogens is 417 g/mol. The summed E-state index contributed by atoms with van der Waals surface area (Å²) in [5.74, 6) is 0. The Hall–Kier alpha value is 1.93. The Morgan fingerprint density at radius 1 is 1.67 bits per heavy atom. The van der Waals surface area contributed by atoms with Gasteiger partial charge in [-0.2, -0.15) is 0 Å². The summed E-state index contributed by atoms with van der Waals surface area (Å²) >= 11 is 6.89. The molecule has 0 aliphatic carbocycles. The van der Waals surface area contributed by atoms with Crippen LogP contribution in [0.5, 0.6) is 0 Å². The molecule has 0 N–H and O–H groups in total. The summed E-state index contributed by atoms with van der Waals surface area (Å²) in [4.78, 5) is 0. The average molecular weight is 420 g/mol. The Bertz CT molecular complexity index is 57.1. The maximum absolute atomic E-state index is 2.33. The maximum Gasteiger partial charge on any atom is 0.0309 e. The number of allylic oxidation sites excluding steroid dienone is 1. The quantitative estimate of drug-likeness (QED) is 0.452. The molecule has 0 amide bonds. The molecule has 0 aromatic heterocycles. The molecule has 0 atom stereocenters. The van der Waals surface area contributed by atoms with Crippen molar-refractivity contribution in [2.75, 3.05) is 4.43 Å². The minimum Gasteiger partial charge on any atom is -0.0807 e. The Morgan fingerprint density at radius 3 is 2.17 bits per heavy atom. The molecular formula is C3H3I3. The van der Waals surface area contributed by atoms with Crippen molar-refractivity contribution < 1.29 is 0 Å². The second kappa shape index (κ2) is 5.07. The zero-order chi connectivity index (χ0) is 4.99. The molecule has 0 aliphatic heterocycles. The van der Waals surface area contributed by atoms with Gasteiger partial charge in [0.1, 0.15) is 0 Å². The van der Waals surface area contributed by atoms with Crippen LogP contribution in [-0.4, -0.2) is 4.43 Å². The largest absolute Gasteiger partial charge is 0.0807 e. The number of alkyl halides is 1. The lowest BCUT2D eigenvalue weighted by molar-refractivity contribution is 1.87. The molecule has 0 aliphatic rings. The van der Waals surface area contributed by atoms with Crippen LogP contribution in [0.3, 0.4) is 0 Å². The standard InChI is InChI=1S/C3H3I3/c4-1-3(6)2-5/h1H,2H2/b3-1-. The molecule has 0 saturated heterocycles. The van der Waals surface area contributed by atoms with Crippen LogP contribution >= 0.6 is 67.8 Å². The van der Waals surface area contributed by atoms with Crippen molar-refractivity contribution >= 4 is 67.8 Å². The van der Waals surface area contributed by atoms with Crippen molar-refractivity contribution in [1.82, 2.24) is 0 Å². The Labute approximate surface area is 78.6 Å². The second-order valence-electron chi connectivity index (χ2n) is 0.690. The lowest BCUT2D eigenvalue weighted by Gasteiger charge is -1.79. The normalized spacial score (nSPS) is 12.2. The van der Waals surface area contributed by atoms with Gasteiger partial charge in [-0.05, 0) is 26.7 Å². The molecule has 0 spiro atoms. The van der Waals surface area contributed by atoms with Gasteiger partial charge < -0.3 is 0 Å². The van der Waals surface area contributed by atoms with Crippen molar-refractivity contribution in [3.05, 3.63) is 7.66 Å². The van der Waals surface area contributed by atoms with Gasteiger partial charge in [0.25, 0.3) is 0 Å². The predicted octanol–water partition coefficient (Wildman–Crippen LogP) is 3.13. The molecule has 0 nitrogen and oxygen atoms in total. The van der Waals surface area contributed by atoms with Gasteiger partial charge in [-0.3, -0.25) is 0 Å². The third kappa shape index (κ3) is 4.10. The van der Waals surface area contributed by atoms with E-state index in [1.807, 2.05) is 0 Å². The van der Waals surface area contributed by atoms with Crippen LogP contribution in [0.25, 0.3) is 0 Å².